The molecule has 1 heterocycles. The summed E-state index contributed by atoms with van der Waals surface area (Å²) >= 11 is 0. The van der Waals surface area contributed by atoms with Gasteiger partial charge in [0.1, 0.15) is 0 Å². The van der Waals surface area contributed by atoms with Crippen LogP contribution in [0.15, 0.2) is 0 Å². The quantitative estimate of drug-likeness (QED) is 0.656. The molecule has 0 aromatic rings. The molecule has 1 aliphatic heterocycles. The average molecular weight is 242 g/mol. The minimum atomic E-state index is -0.0439. The Kier molecular flexibility index (Phi) is 6.52. The number of carbonyl (C=O) groups excluding carboxylic acids is 1. The molecule has 1 aliphatic rings. The third-order valence-electron chi connectivity index (χ3n) is 3.67. The zero-order valence-corrected chi connectivity index (χ0v) is 11.4. The summed E-state index contributed by atoms with van der Waals surface area (Å²) in [4.78, 5) is 16.3. The lowest BCUT2D eigenvalue weighted by atomic mass is 9.98. The maximum atomic E-state index is 11.5. The third-order valence-corrected chi connectivity index (χ3v) is 3.67. The molecule has 0 spiro atoms. The van der Waals surface area contributed by atoms with Crippen LogP contribution < -0.4 is 0 Å². The van der Waals surface area contributed by atoms with Crippen molar-refractivity contribution in [1.29, 1.82) is 0 Å². The number of hydrogen-bond acceptors (Lipinski definition) is 4. The Bertz CT molecular complexity index is 229. The summed E-state index contributed by atoms with van der Waals surface area (Å²) in [6.45, 7) is 10.7. The van der Waals surface area contributed by atoms with Gasteiger partial charge in [-0.2, -0.15) is 0 Å². The van der Waals surface area contributed by atoms with Crippen LogP contribution in [-0.2, 0) is 9.53 Å². The number of likely N-dealkylation sites (tertiary alicyclic amines) is 1. The molecule has 1 unspecified atom stereocenters. The fourth-order valence-electron chi connectivity index (χ4n) is 2.44. The molecular weight excluding hydrogens is 216 g/mol. The summed E-state index contributed by atoms with van der Waals surface area (Å²) in [6, 6.07) is 0. The van der Waals surface area contributed by atoms with Gasteiger partial charge in [0, 0.05) is 19.6 Å². The van der Waals surface area contributed by atoms with Crippen molar-refractivity contribution in [3.63, 3.8) is 0 Å². The van der Waals surface area contributed by atoms with Gasteiger partial charge in [-0.15, -0.1) is 0 Å². The third kappa shape index (κ3) is 4.64. The van der Waals surface area contributed by atoms with Crippen molar-refractivity contribution in [1.82, 2.24) is 9.80 Å². The first-order valence-corrected chi connectivity index (χ1v) is 6.73. The zero-order valence-electron chi connectivity index (χ0n) is 11.4. The van der Waals surface area contributed by atoms with E-state index in [9.17, 15) is 4.79 Å². The van der Waals surface area contributed by atoms with Crippen molar-refractivity contribution in [3.8, 4) is 0 Å². The molecule has 0 aromatic carbocycles. The SMILES string of the molecule is CCN(CC)CCN1CCCC(C(=O)OC)C1. The van der Waals surface area contributed by atoms with E-state index in [0.717, 1.165) is 52.1 Å². The van der Waals surface area contributed by atoms with Gasteiger partial charge in [0.25, 0.3) is 0 Å². The molecule has 0 saturated carbocycles. The largest absolute Gasteiger partial charge is 0.469 e. The maximum Gasteiger partial charge on any atom is 0.309 e. The van der Waals surface area contributed by atoms with Gasteiger partial charge in [0.15, 0.2) is 0 Å². The van der Waals surface area contributed by atoms with Gasteiger partial charge in [-0.3, -0.25) is 4.79 Å². The fraction of sp³-hybridized carbons (Fsp3) is 0.923. The number of rotatable bonds is 6. The molecule has 1 atom stereocenters. The van der Waals surface area contributed by atoms with Crippen LogP contribution in [0.2, 0.25) is 0 Å². The predicted octanol–water partition coefficient (Wildman–Crippen LogP) is 1.21. The number of likely N-dealkylation sites (N-methyl/N-ethyl adjacent to an activating group) is 1. The minimum Gasteiger partial charge on any atom is -0.469 e. The number of methoxy groups -OCH3 is 1. The molecular formula is C13H26N2O2. The number of hydrogen-bond donors (Lipinski definition) is 0. The molecule has 0 aromatic heterocycles. The summed E-state index contributed by atoms with van der Waals surface area (Å²) < 4.78 is 4.83. The predicted molar refractivity (Wildman–Crippen MR) is 69.0 cm³/mol. The number of piperidine rings is 1. The summed E-state index contributed by atoms with van der Waals surface area (Å²) in [5.74, 6) is 0.0444. The number of carbonyl (C=O) groups is 1. The molecule has 4 heteroatoms. The lowest BCUT2D eigenvalue weighted by Gasteiger charge is -2.32. The standard InChI is InChI=1S/C13H26N2O2/c1-4-14(5-2)9-10-15-8-6-7-12(11-15)13(16)17-3/h12H,4-11H2,1-3H3. The Morgan fingerprint density at radius 1 is 1.41 bits per heavy atom. The van der Waals surface area contributed by atoms with Gasteiger partial charge < -0.3 is 14.5 Å². The summed E-state index contributed by atoms with van der Waals surface area (Å²) in [5, 5.41) is 0. The molecule has 0 amide bonds. The van der Waals surface area contributed by atoms with Gasteiger partial charge in [-0.1, -0.05) is 13.8 Å². The first-order chi connectivity index (χ1) is 8.21. The van der Waals surface area contributed by atoms with E-state index in [0.29, 0.717) is 0 Å². The monoisotopic (exact) mass is 242 g/mol. The molecule has 0 radical (unpaired) electrons. The molecule has 0 aliphatic carbocycles. The van der Waals surface area contributed by atoms with Crippen LogP contribution in [0.1, 0.15) is 26.7 Å². The number of ether oxygens (including phenoxy) is 1. The van der Waals surface area contributed by atoms with E-state index in [2.05, 4.69) is 23.6 Å². The van der Waals surface area contributed by atoms with E-state index < -0.39 is 0 Å². The van der Waals surface area contributed by atoms with E-state index in [1.807, 2.05) is 0 Å². The van der Waals surface area contributed by atoms with Crippen molar-refractivity contribution < 1.29 is 9.53 Å². The highest BCUT2D eigenvalue weighted by Crippen LogP contribution is 2.17. The molecule has 100 valence electrons. The summed E-state index contributed by atoms with van der Waals surface area (Å²) in [7, 11) is 1.48. The molecule has 0 bridgehead atoms. The Morgan fingerprint density at radius 2 is 2.12 bits per heavy atom. The van der Waals surface area contributed by atoms with E-state index in [1.54, 1.807) is 0 Å². The van der Waals surface area contributed by atoms with Gasteiger partial charge in [0.05, 0.1) is 13.0 Å². The topological polar surface area (TPSA) is 32.8 Å². The second kappa shape index (κ2) is 7.67. The van der Waals surface area contributed by atoms with Crippen LogP contribution in [-0.4, -0.2) is 62.1 Å². The molecule has 17 heavy (non-hydrogen) atoms. The highest BCUT2D eigenvalue weighted by molar-refractivity contribution is 5.72. The average Bonchev–Trinajstić information content (AvgIpc) is 2.39. The molecule has 1 fully saturated rings. The second-order valence-electron chi connectivity index (χ2n) is 4.69. The van der Waals surface area contributed by atoms with Gasteiger partial charge in [-0.25, -0.2) is 0 Å². The lowest BCUT2D eigenvalue weighted by Crippen LogP contribution is -2.43. The van der Waals surface area contributed by atoms with Crippen molar-refractivity contribution in [3.05, 3.63) is 0 Å². The fourth-order valence-corrected chi connectivity index (χ4v) is 2.44. The van der Waals surface area contributed by atoms with Gasteiger partial charge >= 0.3 is 5.97 Å². The minimum absolute atomic E-state index is 0.0439. The first-order valence-electron chi connectivity index (χ1n) is 6.73. The Morgan fingerprint density at radius 3 is 2.71 bits per heavy atom. The highest BCUT2D eigenvalue weighted by Gasteiger charge is 2.26. The molecule has 0 N–H and O–H groups in total. The van der Waals surface area contributed by atoms with Gasteiger partial charge in [-0.05, 0) is 32.5 Å². The Hall–Kier alpha value is -0.610. The van der Waals surface area contributed by atoms with Gasteiger partial charge in [0.2, 0.25) is 0 Å². The van der Waals surface area contributed by atoms with E-state index in [1.165, 1.54) is 7.11 Å². The zero-order chi connectivity index (χ0) is 12.7. The van der Waals surface area contributed by atoms with Crippen molar-refractivity contribution in [2.45, 2.75) is 26.7 Å². The summed E-state index contributed by atoms with van der Waals surface area (Å²) in [6.07, 6.45) is 2.09. The number of esters is 1. The highest BCUT2D eigenvalue weighted by atomic mass is 16.5. The van der Waals surface area contributed by atoms with Crippen LogP contribution >= 0.6 is 0 Å². The van der Waals surface area contributed by atoms with Crippen LogP contribution in [0.25, 0.3) is 0 Å². The van der Waals surface area contributed by atoms with Crippen molar-refractivity contribution in [2.24, 2.45) is 5.92 Å². The summed E-state index contributed by atoms with van der Waals surface area (Å²) in [5.41, 5.74) is 0. The van der Waals surface area contributed by atoms with Crippen LogP contribution in [0.3, 0.4) is 0 Å². The van der Waals surface area contributed by atoms with E-state index in [-0.39, 0.29) is 11.9 Å². The molecule has 1 rings (SSSR count). The van der Waals surface area contributed by atoms with E-state index in [4.69, 9.17) is 4.74 Å². The van der Waals surface area contributed by atoms with Crippen LogP contribution in [0.4, 0.5) is 0 Å². The van der Waals surface area contributed by atoms with E-state index >= 15 is 0 Å². The Labute approximate surface area is 105 Å². The number of nitrogens with zero attached hydrogens (tertiary/aromatic N) is 2. The lowest BCUT2D eigenvalue weighted by molar-refractivity contribution is -0.147. The molecule has 4 nitrogen and oxygen atoms in total. The van der Waals surface area contributed by atoms with Crippen molar-refractivity contribution >= 4 is 5.97 Å². The van der Waals surface area contributed by atoms with Crippen LogP contribution in [0, 0.1) is 5.92 Å². The Balaban J connectivity index is 2.31. The normalized spacial score (nSPS) is 21.8. The smallest absolute Gasteiger partial charge is 0.309 e. The first kappa shape index (κ1) is 14.5. The molecule has 1 saturated heterocycles. The van der Waals surface area contributed by atoms with Crippen molar-refractivity contribution in [2.75, 3.05) is 46.4 Å². The second-order valence-corrected chi connectivity index (χ2v) is 4.69. The maximum absolute atomic E-state index is 11.5. The van der Waals surface area contributed by atoms with Crippen LogP contribution in [0.5, 0.6) is 0 Å².